The number of aromatic nitrogens is 2. The number of halogens is 6. The minimum Gasteiger partial charge on any atom is -0.475 e. The zero-order valence-electron chi connectivity index (χ0n) is 20.6. The number of aryl methyl sites for hydroxylation is 1. The van der Waals surface area contributed by atoms with Crippen LogP contribution in [0.1, 0.15) is 29.2 Å². The third kappa shape index (κ3) is 11.4. The van der Waals surface area contributed by atoms with Crippen LogP contribution in [0.3, 0.4) is 0 Å². The Morgan fingerprint density at radius 2 is 1.77 bits per heavy atom. The van der Waals surface area contributed by atoms with Gasteiger partial charge in [0.15, 0.2) is 0 Å². The SMILES string of the molecule is Cc1cccc(COCC2CC3OCCN(Cc4nccs4)C3C2)n1.O=C(O)C(F)(F)F.O=C(O)C(F)(F)F. The van der Waals surface area contributed by atoms with Crippen molar-refractivity contribution in [2.45, 2.75) is 57.4 Å². The number of carbonyl (C=O) groups is 2. The number of rotatable bonds is 6. The summed E-state index contributed by atoms with van der Waals surface area (Å²) in [7, 11) is 0. The first-order chi connectivity index (χ1) is 18.2. The van der Waals surface area contributed by atoms with Crippen molar-refractivity contribution in [2.24, 2.45) is 5.92 Å². The van der Waals surface area contributed by atoms with Crippen LogP contribution in [0, 0.1) is 12.8 Å². The Labute approximate surface area is 223 Å². The van der Waals surface area contributed by atoms with E-state index in [2.05, 4.69) is 20.2 Å². The Morgan fingerprint density at radius 1 is 1.13 bits per heavy atom. The molecule has 16 heteroatoms. The molecule has 1 aliphatic heterocycles. The summed E-state index contributed by atoms with van der Waals surface area (Å²) in [4.78, 5) is 29.3. The highest BCUT2D eigenvalue weighted by atomic mass is 32.1. The van der Waals surface area contributed by atoms with Crippen molar-refractivity contribution >= 4 is 23.3 Å². The highest BCUT2D eigenvalue weighted by Gasteiger charge is 2.41. The zero-order valence-corrected chi connectivity index (χ0v) is 21.4. The molecule has 218 valence electrons. The van der Waals surface area contributed by atoms with Crippen molar-refractivity contribution in [3.8, 4) is 0 Å². The Balaban J connectivity index is 0.000000317. The third-order valence-electron chi connectivity index (χ3n) is 5.61. The maximum absolute atomic E-state index is 10.6. The monoisotopic (exact) mass is 587 g/mol. The van der Waals surface area contributed by atoms with Crippen LogP contribution < -0.4 is 0 Å². The molecular formula is C23H27F6N3O6S. The molecule has 0 amide bonds. The van der Waals surface area contributed by atoms with Gasteiger partial charge in [0.1, 0.15) is 5.01 Å². The molecule has 2 aromatic heterocycles. The lowest BCUT2D eigenvalue weighted by Crippen LogP contribution is -2.47. The molecule has 2 fully saturated rings. The highest BCUT2D eigenvalue weighted by molar-refractivity contribution is 7.09. The molecule has 39 heavy (non-hydrogen) atoms. The lowest BCUT2D eigenvalue weighted by Gasteiger charge is -2.37. The molecule has 4 rings (SSSR count). The summed E-state index contributed by atoms with van der Waals surface area (Å²) in [5, 5.41) is 17.5. The average molecular weight is 588 g/mol. The van der Waals surface area contributed by atoms with E-state index in [0.717, 1.165) is 50.5 Å². The number of fused-ring (bicyclic) bond motifs is 1. The van der Waals surface area contributed by atoms with Crippen LogP contribution >= 0.6 is 11.3 Å². The normalized spacial score (nSPS) is 21.2. The second kappa shape index (κ2) is 14.5. The van der Waals surface area contributed by atoms with E-state index in [1.165, 1.54) is 5.01 Å². The van der Waals surface area contributed by atoms with Crippen molar-refractivity contribution in [1.29, 1.82) is 0 Å². The maximum atomic E-state index is 10.6. The van der Waals surface area contributed by atoms with E-state index in [1.54, 1.807) is 11.3 Å². The number of morpholine rings is 1. The van der Waals surface area contributed by atoms with Gasteiger partial charge in [-0.05, 0) is 37.8 Å². The second-order valence-corrected chi connectivity index (χ2v) is 9.58. The maximum Gasteiger partial charge on any atom is 0.490 e. The van der Waals surface area contributed by atoms with Gasteiger partial charge in [-0.1, -0.05) is 6.07 Å². The molecule has 1 saturated carbocycles. The first-order valence-electron chi connectivity index (χ1n) is 11.5. The fourth-order valence-electron chi connectivity index (χ4n) is 3.97. The first kappa shape index (κ1) is 32.4. The van der Waals surface area contributed by atoms with Gasteiger partial charge in [-0.2, -0.15) is 26.3 Å². The topological polar surface area (TPSA) is 122 Å². The summed E-state index contributed by atoms with van der Waals surface area (Å²) >= 11 is 1.74. The van der Waals surface area contributed by atoms with Crippen LogP contribution in [0.4, 0.5) is 26.3 Å². The molecule has 2 N–H and O–H groups in total. The molecule has 2 aromatic rings. The summed E-state index contributed by atoms with van der Waals surface area (Å²) < 4.78 is 75.5. The standard InChI is InChI=1S/C19H25N3O2S.2C2HF3O2/c1-14-3-2-4-16(21-14)13-23-12-15-9-17-18(10-15)24-7-6-22(17)11-19-20-5-8-25-19;2*3-2(4,5)1(6)7/h2-5,8,15,17-18H,6-7,9-13H2,1H3;2*(H,6,7). The lowest BCUT2D eigenvalue weighted by atomic mass is 10.1. The predicted molar refractivity (Wildman–Crippen MR) is 125 cm³/mol. The summed E-state index contributed by atoms with van der Waals surface area (Å²) in [6.07, 6.45) is -5.68. The van der Waals surface area contributed by atoms with Crippen molar-refractivity contribution < 1.29 is 55.6 Å². The van der Waals surface area contributed by atoms with Crippen LogP contribution in [-0.2, 0) is 32.2 Å². The summed E-state index contributed by atoms with van der Waals surface area (Å²) in [6.45, 7) is 6.17. The molecule has 3 atom stereocenters. The number of carboxylic acid groups (broad SMARTS) is 2. The number of hydrogen-bond acceptors (Lipinski definition) is 8. The van der Waals surface area contributed by atoms with Gasteiger partial charge in [-0.15, -0.1) is 11.3 Å². The molecule has 0 radical (unpaired) electrons. The number of carboxylic acids is 2. The molecule has 0 aromatic carbocycles. The second-order valence-electron chi connectivity index (χ2n) is 8.60. The molecule has 3 unspecified atom stereocenters. The number of ether oxygens (including phenoxy) is 2. The number of hydrogen-bond donors (Lipinski definition) is 2. The average Bonchev–Trinajstić information content (AvgIpc) is 3.49. The number of thiazole rings is 1. The van der Waals surface area contributed by atoms with Gasteiger partial charge in [0, 0.05) is 29.9 Å². The third-order valence-corrected chi connectivity index (χ3v) is 6.37. The van der Waals surface area contributed by atoms with Crippen molar-refractivity contribution in [1.82, 2.24) is 14.9 Å². The number of alkyl halides is 6. The van der Waals surface area contributed by atoms with Gasteiger partial charge in [-0.25, -0.2) is 14.6 Å². The zero-order chi connectivity index (χ0) is 29.2. The molecule has 0 bridgehead atoms. The van der Waals surface area contributed by atoms with E-state index < -0.39 is 24.3 Å². The summed E-state index contributed by atoms with van der Waals surface area (Å²) in [6, 6.07) is 6.58. The van der Waals surface area contributed by atoms with Crippen LogP contribution in [0.15, 0.2) is 29.8 Å². The van der Waals surface area contributed by atoms with E-state index >= 15 is 0 Å². The molecule has 0 spiro atoms. The largest absolute Gasteiger partial charge is 0.490 e. The molecule has 9 nitrogen and oxygen atoms in total. The van der Waals surface area contributed by atoms with E-state index in [0.29, 0.717) is 24.7 Å². The molecule has 1 saturated heterocycles. The number of pyridine rings is 1. The van der Waals surface area contributed by atoms with Gasteiger partial charge < -0.3 is 19.7 Å². The van der Waals surface area contributed by atoms with Gasteiger partial charge in [0.05, 0.1) is 38.2 Å². The van der Waals surface area contributed by atoms with Crippen molar-refractivity contribution in [3.63, 3.8) is 0 Å². The van der Waals surface area contributed by atoms with Gasteiger partial charge in [-0.3, -0.25) is 9.88 Å². The van der Waals surface area contributed by atoms with Crippen LogP contribution in [-0.4, -0.2) is 81.3 Å². The molecule has 2 aliphatic rings. The van der Waals surface area contributed by atoms with Crippen LogP contribution in [0.2, 0.25) is 0 Å². The fraction of sp³-hybridized carbons (Fsp3) is 0.565. The quantitative estimate of drug-likeness (QED) is 0.476. The van der Waals surface area contributed by atoms with E-state index in [1.807, 2.05) is 31.3 Å². The Morgan fingerprint density at radius 3 is 2.31 bits per heavy atom. The number of aliphatic carboxylic acids is 2. The number of nitrogens with zero attached hydrogens (tertiary/aromatic N) is 3. The van der Waals surface area contributed by atoms with Crippen molar-refractivity contribution in [2.75, 3.05) is 19.8 Å². The minimum atomic E-state index is -5.08. The van der Waals surface area contributed by atoms with Gasteiger partial charge in [0.2, 0.25) is 0 Å². The van der Waals surface area contributed by atoms with Gasteiger partial charge in [0.25, 0.3) is 0 Å². The van der Waals surface area contributed by atoms with E-state index in [-0.39, 0.29) is 0 Å². The molecular weight excluding hydrogens is 560 g/mol. The first-order valence-corrected chi connectivity index (χ1v) is 12.4. The van der Waals surface area contributed by atoms with Crippen molar-refractivity contribution in [3.05, 3.63) is 46.2 Å². The Kier molecular flexibility index (Phi) is 12.1. The van der Waals surface area contributed by atoms with E-state index in [4.69, 9.17) is 29.3 Å². The summed E-state index contributed by atoms with van der Waals surface area (Å²) in [5.74, 6) is -4.95. The molecule has 3 heterocycles. The Bertz CT molecular complexity index is 1030. The smallest absolute Gasteiger partial charge is 0.475 e. The molecule has 1 aliphatic carbocycles. The predicted octanol–water partition coefficient (Wildman–Crippen LogP) is 4.31. The lowest BCUT2D eigenvalue weighted by molar-refractivity contribution is -0.193. The summed E-state index contributed by atoms with van der Waals surface area (Å²) in [5.41, 5.74) is 2.05. The Hall–Kier alpha value is -2.82. The minimum absolute atomic E-state index is 0.347. The van der Waals surface area contributed by atoms with Gasteiger partial charge >= 0.3 is 24.3 Å². The van der Waals surface area contributed by atoms with Crippen LogP contribution in [0.5, 0.6) is 0 Å². The highest BCUT2D eigenvalue weighted by Crippen LogP contribution is 2.35. The van der Waals surface area contributed by atoms with E-state index in [9.17, 15) is 26.3 Å². The van der Waals surface area contributed by atoms with Crippen LogP contribution in [0.25, 0.3) is 0 Å². The fourth-order valence-corrected chi connectivity index (χ4v) is 4.61.